The van der Waals surface area contributed by atoms with Crippen LogP contribution in [0.1, 0.15) is 37.8 Å². The Bertz CT molecular complexity index is 1080. The largest absolute Gasteiger partial charge is 0.368 e. The van der Waals surface area contributed by atoms with Crippen molar-refractivity contribution < 1.29 is 9.59 Å². The Hall–Kier alpha value is -3.39. The van der Waals surface area contributed by atoms with E-state index in [1.807, 2.05) is 92.4 Å². The van der Waals surface area contributed by atoms with Gasteiger partial charge in [-0.05, 0) is 17.2 Å². The number of para-hydroxylation sites is 1. The van der Waals surface area contributed by atoms with Crippen molar-refractivity contribution in [2.75, 3.05) is 4.90 Å². The van der Waals surface area contributed by atoms with Gasteiger partial charge in [0, 0.05) is 17.0 Å². The Morgan fingerprint density at radius 2 is 1.70 bits per heavy atom. The maximum atomic E-state index is 13.8. The summed E-state index contributed by atoms with van der Waals surface area (Å²) in [5, 5.41) is 10.4. The Labute approximate surface area is 176 Å². The van der Waals surface area contributed by atoms with E-state index in [2.05, 4.69) is 6.07 Å². The molecule has 0 saturated carbocycles. The van der Waals surface area contributed by atoms with Gasteiger partial charge in [0.05, 0.1) is 18.2 Å². The number of hydrogen-bond donors (Lipinski definition) is 1. The second-order valence-corrected chi connectivity index (χ2v) is 9.06. The first kappa shape index (κ1) is 19.9. The van der Waals surface area contributed by atoms with Crippen LogP contribution in [0.4, 0.5) is 5.69 Å². The Kier molecular flexibility index (Phi) is 4.54. The number of carbonyl (C=O) groups excluding carboxylic acids is 2. The molecule has 30 heavy (non-hydrogen) atoms. The number of Topliss-reactive ketones (excluding diaryl/α,β-unsaturated/α-hetero) is 1. The van der Waals surface area contributed by atoms with Gasteiger partial charge in [-0.2, -0.15) is 5.26 Å². The predicted octanol–water partition coefficient (Wildman–Crippen LogP) is 3.66. The fraction of sp³-hybridized carbons (Fsp3) is 0.320. The van der Waals surface area contributed by atoms with Crippen molar-refractivity contribution in [2.24, 2.45) is 16.6 Å². The number of ketones is 1. The van der Waals surface area contributed by atoms with E-state index in [1.54, 1.807) is 0 Å². The number of amides is 1. The van der Waals surface area contributed by atoms with E-state index >= 15 is 0 Å². The van der Waals surface area contributed by atoms with Crippen LogP contribution in [0.5, 0.6) is 0 Å². The molecule has 2 aliphatic rings. The molecule has 0 spiro atoms. The molecule has 4 atom stereocenters. The van der Waals surface area contributed by atoms with Gasteiger partial charge in [0.2, 0.25) is 5.91 Å². The van der Waals surface area contributed by atoms with E-state index in [-0.39, 0.29) is 5.78 Å². The Morgan fingerprint density at radius 1 is 1.07 bits per heavy atom. The summed E-state index contributed by atoms with van der Waals surface area (Å²) in [5.41, 5.74) is 6.25. The molecule has 0 radical (unpaired) electrons. The molecule has 0 aliphatic carbocycles. The van der Waals surface area contributed by atoms with Crippen LogP contribution in [0.2, 0.25) is 0 Å². The van der Waals surface area contributed by atoms with Crippen molar-refractivity contribution in [2.45, 2.75) is 38.8 Å². The van der Waals surface area contributed by atoms with Crippen molar-refractivity contribution in [3.05, 3.63) is 71.8 Å². The van der Waals surface area contributed by atoms with E-state index in [1.165, 1.54) is 0 Å². The highest BCUT2D eigenvalue weighted by atomic mass is 16.1. The molecule has 2 aromatic carbocycles. The first-order valence-electron chi connectivity index (χ1n) is 10.1. The summed E-state index contributed by atoms with van der Waals surface area (Å²) < 4.78 is 0. The highest BCUT2D eigenvalue weighted by molar-refractivity contribution is 6.00. The van der Waals surface area contributed by atoms with Crippen LogP contribution >= 0.6 is 0 Å². The average Bonchev–Trinajstić information content (AvgIpc) is 3.04. The molecule has 4 rings (SSSR count). The summed E-state index contributed by atoms with van der Waals surface area (Å²) in [7, 11) is 0. The number of primary amides is 1. The molecule has 0 unspecified atom stereocenters. The summed E-state index contributed by atoms with van der Waals surface area (Å²) in [6, 6.07) is 18.0. The summed E-state index contributed by atoms with van der Waals surface area (Å²) in [4.78, 5) is 28.7. The van der Waals surface area contributed by atoms with Crippen LogP contribution in [0.3, 0.4) is 0 Å². The van der Waals surface area contributed by atoms with Crippen molar-refractivity contribution in [1.82, 2.24) is 0 Å². The highest BCUT2D eigenvalue weighted by Gasteiger charge is 2.66. The van der Waals surface area contributed by atoms with Crippen LogP contribution in [0, 0.1) is 22.2 Å². The molecule has 152 valence electrons. The van der Waals surface area contributed by atoms with Crippen LogP contribution < -0.4 is 10.6 Å². The highest BCUT2D eigenvalue weighted by Crippen LogP contribution is 2.56. The zero-order chi connectivity index (χ0) is 21.7. The van der Waals surface area contributed by atoms with Gasteiger partial charge >= 0.3 is 0 Å². The lowest BCUT2D eigenvalue weighted by molar-refractivity contribution is -0.128. The quantitative estimate of drug-likeness (QED) is 0.853. The zero-order valence-corrected chi connectivity index (χ0v) is 17.4. The fourth-order valence-corrected chi connectivity index (χ4v) is 4.91. The first-order valence-corrected chi connectivity index (χ1v) is 10.1. The molecule has 1 saturated heterocycles. The minimum Gasteiger partial charge on any atom is -0.368 e. The molecular weight excluding hydrogens is 374 g/mol. The Balaban J connectivity index is 2.06. The van der Waals surface area contributed by atoms with Gasteiger partial charge < -0.3 is 10.6 Å². The number of nitrogens with zero attached hydrogens (tertiary/aromatic N) is 2. The zero-order valence-electron chi connectivity index (χ0n) is 17.4. The molecule has 2 N–H and O–H groups in total. The van der Waals surface area contributed by atoms with Crippen LogP contribution in [-0.2, 0) is 9.59 Å². The van der Waals surface area contributed by atoms with Gasteiger partial charge in [-0.3, -0.25) is 9.59 Å². The van der Waals surface area contributed by atoms with E-state index in [4.69, 9.17) is 5.73 Å². The molecule has 2 aromatic rings. The molecule has 0 bridgehead atoms. The second-order valence-electron chi connectivity index (χ2n) is 9.06. The summed E-state index contributed by atoms with van der Waals surface area (Å²) in [5.74, 6) is -1.42. The van der Waals surface area contributed by atoms with Gasteiger partial charge in [-0.25, -0.2) is 0 Å². The molecule has 0 aromatic heterocycles. The number of nitriles is 1. The van der Waals surface area contributed by atoms with Crippen molar-refractivity contribution in [1.29, 1.82) is 5.26 Å². The fourth-order valence-electron chi connectivity index (χ4n) is 4.91. The topological polar surface area (TPSA) is 87.2 Å². The number of anilines is 1. The number of nitrogens with two attached hydrogens (primary N) is 1. The van der Waals surface area contributed by atoms with Gasteiger partial charge in [0.1, 0.15) is 0 Å². The van der Waals surface area contributed by atoms with Crippen molar-refractivity contribution in [3.63, 3.8) is 0 Å². The van der Waals surface area contributed by atoms with E-state index in [0.29, 0.717) is 0 Å². The molecule has 5 heteroatoms. The Morgan fingerprint density at radius 3 is 2.30 bits per heavy atom. The standard InChI is InChI=1S/C25H25N3O2/c1-24(2,3)22(29)21-20(17-10-5-4-6-11-17)25(15-26,23(27)30)19-14-13-16-9-7-8-12-18(16)28(19)21/h4-14,19-21H,1-3H3,(H2,27,30)/t19-,20+,21-,25+/m1/s1. The molecule has 1 amide bonds. The number of fused-ring (bicyclic) bond motifs is 3. The third-order valence-electron chi connectivity index (χ3n) is 6.30. The lowest BCUT2D eigenvalue weighted by atomic mass is 9.66. The van der Waals surface area contributed by atoms with Crippen molar-refractivity contribution in [3.8, 4) is 6.07 Å². The van der Waals surface area contributed by atoms with Gasteiger partial charge in [-0.1, -0.05) is 81.5 Å². The minimum absolute atomic E-state index is 0.0233. The lowest BCUT2D eigenvalue weighted by Gasteiger charge is -2.37. The summed E-state index contributed by atoms with van der Waals surface area (Å²) >= 11 is 0. The number of rotatable bonds is 3. The van der Waals surface area contributed by atoms with Crippen LogP contribution in [0.15, 0.2) is 60.7 Å². The SMILES string of the molecule is CC(C)(C)C(=O)[C@H]1[C@H](c2ccccc2)[C@@](C#N)(C(N)=O)[C@H]2C=Cc3ccccc3N12. The number of benzene rings is 2. The van der Waals surface area contributed by atoms with Gasteiger partial charge in [0.25, 0.3) is 0 Å². The van der Waals surface area contributed by atoms with E-state index < -0.39 is 34.7 Å². The molecule has 2 aliphatic heterocycles. The van der Waals surface area contributed by atoms with Crippen LogP contribution in [0.25, 0.3) is 6.08 Å². The van der Waals surface area contributed by atoms with Crippen LogP contribution in [-0.4, -0.2) is 23.8 Å². The first-order chi connectivity index (χ1) is 14.2. The van der Waals surface area contributed by atoms with Gasteiger partial charge in [-0.15, -0.1) is 0 Å². The third-order valence-corrected chi connectivity index (χ3v) is 6.30. The van der Waals surface area contributed by atoms with Gasteiger partial charge in [0.15, 0.2) is 11.2 Å². The number of carbonyl (C=O) groups is 2. The maximum Gasteiger partial charge on any atom is 0.241 e. The van der Waals surface area contributed by atoms with E-state index in [9.17, 15) is 14.9 Å². The average molecular weight is 399 g/mol. The molecular formula is C25H25N3O2. The lowest BCUT2D eigenvalue weighted by Crippen LogP contribution is -2.49. The minimum atomic E-state index is -1.57. The molecule has 2 heterocycles. The molecule has 5 nitrogen and oxygen atoms in total. The molecule has 1 fully saturated rings. The van der Waals surface area contributed by atoms with E-state index in [0.717, 1.165) is 16.8 Å². The number of hydrogen-bond acceptors (Lipinski definition) is 4. The van der Waals surface area contributed by atoms with Crippen molar-refractivity contribution >= 4 is 23.5 Å². The summed E-state index contributed by atoms with van der Waals surface area (Å²) in [6.07, 6.45) is 3.76. The summed E-state index contributed by atoms with van der Waals surface area (Å²) in [6.45, 7) is 5.61. The third kappa shape index (κ3) is 2.68. The maximum absolute atomic E-state index is 13.8. The predicted molar refractivity (Wildman–Crippen MR) is 116 cm³/mol. The monoisotopic (exact) mass is 399 g/mol. The second kappa shape index (κ2) is 6.84. The normalized spacial score (nSPS) is 27.1. The smallest absolute Gasteiger partial charge is 0.241 e.